The van der Waals surface area contributed by atoms with Crippen molar-refractivity contribution in [1.29, 1.82) is 0 Å². The van der Waals surface area contributed by atoms with Crippen LogP contribution >= 0.6 is 0 Å². The van der Waals surface area contributed by atoms with Crippen LogP contribution in [0.4, 0.5) is 0 Å². The molecule has 0 bridgehead atoms. The van der Waals surface area contributed by atoms with Gasteiger partial charge in [-0.2, -0.15) is 0 Å². The molecule has 0 radical (unpaired) electrons. The number of carbonyl (C=O) groups excluding carboxylic acids is 1. The Balaban J connectivity index is 2.30. The lowest BCUT2D eigenvalue weighted by atomic mass is 10.0. The fraction of sp³-hybridized carbons (Fsp3) is 0.533. The molecule has 0 aliphatic rings. The van der Waals surface area contributed by atoms with E-state index < -0.39 is 0 Å². The van der Waals surface area contributed by atoms with Gasteiger partial charge in [0, 0.05) is 13.0 Å². The maximum atomic E-state index is 11.0. The smallest absolute Gasteiger partial charge is 0.219 e. The van der Waals surface area contributed by atoms with Gasteiger partial charge in [-0.1, -0.05) is 45.0 Å². The monoisotopic (exact) mass is 233 g/mol. The van der Waals surface area contributed by atoms with E-state index in [0.717, 1.165) is 19.4 Å². The third-order valence-electron chi connectivity index (χ3n) is 2.93. The van der Waals surface area contributed by atoms with E-state index in [1.165, 1.54) is 11.1 Å². The third-order valence-corrected chi connectivity index (χ3v) is 2.93. The van der Waals surface area contributed by atoms with Crippen molar-refractivity contribution in [2.45, 2.75) is 46.0 Å². The highest BCUT2D eigenvalue weighted by Gasteiger charge is 1.99. The fourth-order valence-corrected chi connectivity index (χ4v) is 1.71. The topological polar surface area (TPSA) is 29.1 Å². The second-order valence-electron chi connectivity index (χ2n) is 4.70. The van der Waals surface area contributed by atoms with E-state index in [4.69, 9.17) is 0 Å². The number of rotatable bonds is 6. The average molecular weight is 233 g/mol. The van der Waals surface area contributed by atoms with E-state index in [9.17, 15) is 4.79 Å². The zero-order chi connectivity index (χ0) is 12.7. The van der Waals surface area contributed by atoms with Crippen LogP contribution < -0.4 is 5.32 Å². The zero-order valence-electron chi connectivity index (χ0n) is 11.1. The van der Waals surface area contributed by atoms with Crippen LogP contribution in [0, 0.1) is 0 Å². The van der Waals surface area contributed by atoms with Crippen LogP contribution in [0.25, 0.3) is 0 Å². The molecule has 1 rings (SSSR count). The summed E-state index contributed by atoms with van der Waals surface area (Å²) in [7, 11) is 0. The maximum Gasteiger partial charge on any atom is 0.219 e. The number of hydrogen-bond donors (Lipinski definition) is 1. The van der Waals surface area contributed by atoms with Crippen LogP contribution in [0.5, 0.6) is 0 Å². The van der Waals surface area contributed by atoms with Gasteiger partial charge in [-0.25, -0.2) is 0 Å². The molecule has 17 heavy (non-hydrogen) atoms. The van der Waals surface area contributed by atoms with Crippen LogP contribution in [0.1, 0.15) is 50.7 Å². The van der Waals surface area contributed by atoms with Crippen molar-refractivity contribution in [3.05, 3.63) is 35.4 Å². The van der Waals surface area contributed by atoms with Gasteiger partial charge >= 0.3 is 0 Å². The van der Waals surface area contributed by atoms with Gasteiger partial charge in [-0.15, -0.1) is 0 Å². The quantitative estimate of drug-likeness (QED) is 0.751. The minimum Gasteiger partial charge on any atom is -0.356 e. The largest absolute Gasteiger partial charge is 0.356 e. The molecular weight excluding hydrogens is 210 g/mol. The predicted molar refractivity (Wildman–Crippen MR) is 72.2 cm³/mol. The molecule has 0 saturated heterocycles. The minimum absolute atomic E-state index is 0.139. The normalized spacial score (nSPS) is 10.6. The number of aryl methyl sites for hydroxylation is 1. The molecule has 0 aliphatic carbocycles. The summed E-state index contributed by atoms with van der Waals surface area (Å²) in [5.74, 6) is 0.730. The van der Waals surface area contributed by atoms with E-state index in [0.29, 0.717) is 12.3 Å². The van der Waals surface area contributed by atoms with Crippen molar-refractivity contribution in [3.63, 3.8) is 0 Å². The van der Waals surface area contributed by atoms with Gasteiger partial charge in [-0.05, 0) is 29.9 Å². The fourth-order valence-electron chi connectivity index (χ4n) is 1.71. The van der Waals surface area contributed by atoms with Gasteiger partial charge in [-0.3, -0.25) is 4.79 Å². The molecule has 0 aliphatic heterocycles. The van der Waals surface area contributed by atoms with E-state index in [2.05, 4.69) is 43.4 Å². The summed E-state index contributed by atoms with van der Waals surface area (Å²) in [4.78, 5) is 11.0. The molecule has 1 amide bonds. The highest BCUT2D eigenvalue weighted by Crippen LogP contribution is 2.15. The average Bonchev–Trinajstić information content (AvgIpc) is 2.34. The van der Waals surface area contributed by atoms with Crippen LogP contribution in [0.15, 0.2) is 24.3 Å². The van der Waals surface area contributed by atoms with Crippen molar-refractivity contribution in [2.24, 2.45) is 0 Å². The Morgan fingerprint density at radius 1 is 1.24 bits per heavy atom. The highest BCUT2D eigenvalue weighted by atomic mass is 16.1. The summed E-state index contributed by atoms with van der Waals surface area (Å²) in [5.41, 5.74) is 2.73. The van der Waals surface area contributed by atoms with Gasteiger partial charge in [0.25, 0.3) is 0 Å². The Hall–Kier alpha value is -1.31. The molecule has 0 fully saturated rings. The molecule has 2 nitrogen and oxygen atoms in total. The van der Waals surface area contributed by atoms with Crippen LogP contribution in [-0.2, 0) is 11.2 Å². The molecule has 94 valence electrons. The SMILES string of the molecule is CCC(=O)NCCCc1ccc(C(C)C)cc1. The molecule has 0 atom stereocenters. The van der Waals surface area contributed by atoms with E-state index >= 15 is 0 Å². The number of benzene rings is 1. The summed E-state index contributed by atoms with van der Waals surface area (Å²) in [6, 6.07) is 8.78. The van der Waals surface area contributed by atoms with Crippen molar-refractivity contribution >= 4 is 5.91 Å². The Morgan fingerprint density at radius 3 is 2.41 bits per heavy atom. The van der Waals surface area contributed by atoms with Crippen molar-refractivity contribution in [3.8, 4) is 0 Å². The summed E-state index contributed by atoms with van der Waals surface area (Å²) < 4.78 is 0. The van der Waals surface area contributed by atoms with Crippen LogP contribution in [-0.4, -0.2) is 12.5 Å². The predicted octanol–water partition coefficient (Wildman–Crippen LogP) is 3.27. The van der Waals surface area contributed by atoms with Gasteiger partial charge < -0.3 is 5.32 Å². The lowest BCUT2D eigenvalue weighted by Crippen LogP contribution is -2.23. The number of carbonyl (C=O) groups is 1. The number of amides is 1. The molecule has 0 heterocycles. The molecule has 0 unspecified atom stereocenters. The zero-order valence-corrected chi connectivity index (χ0v) is 11.1. The molecule has 0 saturated carbocycles. The van der Waals surface area contributed by atoms with Crippen LogP contribution in [0.2, 0.25) is 0 Å². The molecule has 0 aromatic heterocycles. The summed E-state index contributed by atoms with van der Waals surface area (Å²) in [6.07, 6.45) is 2.61. The number of nitrogens with one attached hydrogen (secondary N) is 1. The van der Waals surface area contributed by atoms with Gasteiger partial charge in [0.15, 0.2) is 0 Å². The Bertz CT molecular complexity index is 340. The van der Waals surface area contributed by atoms with Crippen LogP contribution in [0.3, 0.4) is 0 Å². The van der Waals surface area contributed by atoms with Crippen molar-refractivity contribution < 1.29 is 4.79 Å². The highest BCUT2D eigenvalue weighted by molar-refractivity contribution is 5.75. The first-order chi connectivity index (χ1) is 8.13. The van der Waals surface area contributed by atoms with Gasteiger partial charge in [0.2, 0.25) is 5.91 Å². The summed E-state index contributed by atoms with van der Waals surface area (Å²) >= 11 is 0. The minimum atomic E-state index is 0.139. The molecular formula is C15H23NO. The Morgan fingerprint density at radius 2 is 1.88 bits per heavy atom. The van der Waals surface area contributed by atoms with Gasteiger partial charge in [0.1, 0.15) is 0 Å². The molecule has 1 aromatic carbocycles. The Kier molecular flexibility index (Phi) is 5.75. The summed E-state index contributed by atoms with van der Waals surface area (Å²) in [5, 5.41) is 2.89. The van der Waals surface area contributed by atoms with E-state index in [-0.39, 0.29) is 5.91 Å². The van der Waals surface area contributed by atoms with Gasteiger partial charge in [0.05, 0.1) is 0 Å². The molecule has 0 spiro atoms. The summed E-state index contributed by atoms with van der Waals surface area (Å²) in [6.45, 7) is 7.06. The second kappa shape index (κ2) is 7.10. The molecule has 2 heteroatoms. The molecule has 1 N–H and O–H groups in total. The Labute approximate surface area is 104 Å². The van der Waals surface area contributed by atoms with E-state index in [1.54, 1.807) is 0 Å². The van der Waals surface area contributed by atoms with E-state index in [1.807, 2.05) is 6.92 Å². The first-order valence-electron chi connectivity index (χ1n) is 6.49. The number of hydrogen-bond acceptors (Lipinski definition) is 1. The molecule has 1 aromatic rings. The maximum absolute atomic E-state index is 11.0. The lowest BCUT2D eigenvalue weighted by Gasteiger charge is -2.07. The van der Waals surface area contributed by atoms with Crippen molar-refractivity contribution in [2.75, 3.05) is 6.54 Å². The van der Waals surface area contributed by atoms with Crippen molar-refractivity contribution in [1.82, 2.24) is 5.32 Å². The first-order valence-corrected chi connectivity index (χ1v) is 6.49. The standard InChI is InChI=1S/C15H23NO/c1-4-15(17)16-11-5-6-13-7-9-14(10-8-13)12(2)3/h7-10,12H,4-6,11H2,1-3H3,(H,16,17). The third kappa shape index (κ3) is 5.03. The first kappa shape index (κ1) is 13.8. The lowest BCUT2D eigenvalue weighted by molar-refractivity contribution is -0.120. The second-order valence-corrected chi connectivity index (χ2v) is 4.70.